The summed E-state index contributed by atoms with van der Waals surface area (Å²) in [7, 11) is 5.17. The second-order valence-electron chi connectivity index (χ2n) is 9.78. The number of aromatic nitrogens is 1. The highest BCUT2D eigenvalue weighted by Gasteiger charge is 2.37. The zero-order valence-corrected chi connectivity index (χ0v) is 23.9. The van der Waals surface area contributed by atoms with E-state index in [0.717, 1.165) is 30.1 Å². The van der Waals surface area contributed by atoms with Crippen LogP contribution in [0.25, 0.3) is 0 Å². The molecule has 1 fully saturated rings. The van der Waals surface area contributed by atoms with E-state index >= 15 is 0 Å². The molecule has 2 aromatic heterocycles. The van der Waals surface area contributed by atoms with Crippen LogP contribution in [0.4, 0.5) is 0 Å². The van der Waals surface area contributed by atoms with Gasteiger partial charge in [-0.15, -0.1) is 11.3 Å². The normalized spacial score (nSPS) is 17.5. The second-order valence-corrected chi connectivity index (χ2v) is 10.7. The third kappa shape index (κ3) is 6.06. The van der Waals surface area contributed by atoms with Crippen molar-refractivity contribution in [2.45, 2.75) is 12.5 Å². The molecule has 0 bridgehead atoms. The second kappa shape index (κ2) is 12.7. The fraction of sp³-hybridized carbons (Fsp3) is 0.414. The first-order chi connectivity index (χ1) is 19.5. The number of aryl methyl sites for hydroxylation is 1. The molecular formula is C29H35N5O5S. The van der Waals surface area contributed by atoms with Crippen LogP contribution < -0.4 is 9.47 Å². The summed E-state index contributed by atoms with van der Waals surface area (Å²) < 4.78 is 18.6. The Labute approximate surface area is 238 Å². The molecule has 10 nitrogen and oxygen atoms in total. The number of benzene rings is 1. The minimum Gasteiger partial charge on any atom is -0.497 e. The summed E-state index contributed by atoms with van der Waals surface area (Å²) in [5, 5.41) is 8.22. The van der Waals surface area contributed by atoms with E-state index in [0.29, 0.717) is 49.1 Å². The highest BCUT2D eigenvalue weighted by molar-refractivity contribution is 7.12. The average Bonchev–Trinajstić information content (AvgIpc) is 3.76. The zero-order chi connectivity index (χ0) is 28.1. The van der Waals surface area contributed by atoms with E-state index in [-0.39, 0.29) is 18.4 Å². The Kier molecular flexibility index (Phi) is 8.83. The maximum Gasteiger partial charge on any atom is 0.264 e. The molecular weight excluding hydrogens is 530 g/mol. The van der Waals surface area contributed by atoms with Crippen LogP contribution in [0.2, 0.25) is 0 Å². The summed E-state index contributed by atoms with van der Waals surface area (Å²) in [6.07, 6.45) is 2.45. The van der Waals surface area contributed by atoms with Gasteiger partial charge in [0.25, 0.3) is 11.8 Å². The Bertz CT molecular complexity index is 1350. The first kappa shape index (κ1) is 27.9. The van der Waals surface area contributed by atoms with E-state index in [4.69, 9.17) is 19.3 Å². The molecule has 1 aromatic carbocycles. The van der Waals surface area contributed by atoms with Gasteiger partial charge < -0.3 is 23.7 Å². The van der Waals surface area contributed by atoms with Crippen LogP contribution in [0, 0.1) is 0 Å². The molecule has 2 aliphatic rings. The number of hydrazone groups is 1. The summed E-state index contributed by atoms with van der Waals surface area (Å²) >= 11 is 1.38. The summed E-state index contributed by atoms with van der Waals surface area (Å²) in [6, 6.07) is 12.7. The Morgan fingerprint density at radius 2 is 1.95 bits per heavy atom. The molecule has 40 heavy (non-hydrogen) atoms. The zero-order valence-electron chi connectivity index (χ0n) is 23.1. The van der Waals surface area contributed by atoms with Gasteiger partial charge in [0.2, 0.25) is 0 Å². The highest BCUT2D eigenvalue weighted by Crippen LogP contribution is 2.39. The van der Waals surface area contributed by atoms with Gasteiger partial charge in [0.15, 0.2) is 0 Å². The molecule has 0 aliphatic carbocycles. The van der Waals surface area contributed by atoms with Crippen LogP contribution in [-0.2, 0) is 16.6 Å². The first-order valence-corrected chi connectivity index (χ1v) is 14.2. The largest absolute Gasteiger partial charge is 0.497 e. The van der Waals surface area contributed by atoms with Gasteiger partial charge in [-0.25, -0.2) is 5.01 Å². The van der Waals surface area contributed by atoms with Crippen molar-refractivity contribution in [1.82, 2.24) is 19.4 Å². The lowest BCUT2D eigenvalue weighted by molar-refractivity contribution is -0.133. The lowest BCUT2D eigenvalue weighted by Gasteiger charge is -2.31. The van der Waals surface area contributed by atoms with Gasteiger partial charge in [-0.1, -0.05) is 6.07 Å². The van der Waals surface area contributed by atoms with Crippen molar-refractivity contribution >= 4 is 28.9 Å². The number of methoxy groups -OCH3 is 2. The molecule has 0 N–H and O–H groups in total. The third-order valence-corrected chi connectivity index (χ3v) is 8.19. The summed E-state index contributed by atoms with van der Waals surface area (Å²) in [5.41, 5.74) is 2.52. The number of ether oxygens (including phenoxy) is 3. The molecule has 4 heterocycles. The number of hydrogen-bond donors (Lipinski definition) is 0. The molecule has 1 unspecified atom stereocenters. The lowest BCUT2D eigenvalue weighted by atomic mass is 9.99. The van der Waals surface area contributed by atoms with Gasteiger partial charge in [0.1, 0.15) is 18.0 Å². The molecule has 0 saturated carbocycles. The predicted molar refractivity (Wildman–Crippen MR) is 153 cm³/mol. The maximum absolute atomic E-state index is 14.0. The number of hydrogen-bond acceptors (Lipinski definition) is 8. The molecule has 3 aromatic rings. The Morgan fingerprint density at radius 3 is 2.62 bits per heavy atom. The van der Waals surface area contributed by atoms with E-state index in [9.17, 15) is 9.59 Å². The summed E-state index contributed by atoms with van der Waals surface area (Å²) in [5.74, 6) is 0.894. The van der Waals surface area contributed by atoms with Gasteiger partial charge in [-0.05, 0) is 41.8 Å². The Hall–Kier alpha value is -3.67. The number of thiophene rings is 1. The quantitative estimate of drug-likeness (QED) is 0.375. The number of morpholine rings is 1. The number of carbonyl (C=O) groups is 2. The summed E-state index contributed by atoms with van der Waals surface area (Å²) in [6.45, 7) is 3.97. The monoisotopic (exact) mass is 565 g/mol. The maximum atomic E-state index is 14.0. The van der Waals surface area contributed by atoms with Gasteiger partial charge in [-0.2, -0.15) is 5.10 Å². The topological polar surface area (TPSA) is 88.8 Å². The van der Waals surface area contributed by atoms with Gasteiger partial charge in [0, 0.05) is 51.4 Å². The molecule has 0 spiro atoms. The van der Waals surface area contributed by atoms with Gasteiger partial charge >= 0.3 is 0 Å². The molecule has 11 heteroatoms. The minimum atomic E-state index is -0.416. The van der Waals surface area contributed by atoms with Crippen LogP contribution in [0.1, 0.15) is 33.4 Å². The number of carbonyl (C=O) groups excluding carboxylic acids is 2. The van der Waals surface area contributed by atoms with Gasteiger partial charge in [-0.3, -0.25) is 14.5 Å². The van der Waals surface area contributed by atoms with Crippen molar-refractivity contribution in [1.29, 1.82) is 0 Å². The highest BCUT2D eigenvalue weighted by atomic mass is 32.1. The SMILES string of the molecule is COc1ccc(OC)c(C2CC(c3cccn3C)=NN2C(=O)CN(CCN2CCOCC2)C(=O)c2cccs2)c1. The van der Waals surface area contributed by atoms with Crippen molar-refractivity contribution in [3.05, 3.63) is 70.2 Å². The Balaban J connectivity index is 1.44. The van der Waals surface area contributed by atoms with Crippen LogP contribution in [0.3, 0.4) is 0 Å². The van der Waals surface area contributed by atoms with E-state index in [1.807, 2.05) is 59.6 Å². The van der Waals surface area contributed by atoms with Crippen molar-refractivity contribution in [2.24, 2.45) is 12.1 Å². The third-order valence-electron chi connectivity index (χ3n) is 7.34. The smallest absolute Gasteiger partial charge is 0.264 e. The fourth-order valence-corrected chi connectivity index (χ4v) is 5.82. The van der Waals surface area contributed by atoms with E-state index < -0.39 is 6.04 Å². The van der Waals surface area contributed by atoms with Crippen LogP contribution in [-0.4, -0.2) is 97.1 Å². The average molecular weight is 566 g/mol. The fourth-order valence-electron chi connectivity index (χ4n) is 5.13. The van der Waals surface area contributed by atoms with E-state index in [2.05, 4.69) is 4.90 Å². The van der Waals surface area contributed by atoms with Crippen LogP contribution >= 0.6 is 11.3 Å². The van der Waals surface area contributed by atoms with Gasteiger partial charge in [0.05, 0.1) is 49.8 Å². The molecule has 1 atom stereocenters. The lowest BCUT2D eigenvalue weighted by Crippen LogP contribution is -2.46. The number of nitrogens with zero attached hydrogens (tertiary/aromatic N) is 5. The minimum absolute atomic E-state index is 0.0895. The standard InChI is InChI=1S/C29H35N5O5S/c1-31-10-4-6-24(31)23-19-25(22-18-21(37-2)8-9-26(22)38-3)34(30-23)28(35)20-33(29(36)27-7-5-17-40-27)12-11-32-13-15-39-16-14-32/h4-10,17-18,25H,11-16,19-20H2,1-3H3. The van der Waals surface area contributed by atoms with E-state index in [1.54, 1.807) is 25.2 Å². The van der Waals surface area contributed by atoms with Crippen molar-refractivity contribution in [3.8, 4) is 11.5 Å². The first-order valence-electron chi connectivity index (χ1n) is 13.3. The number of amides is 2. The van der Waals surface area contributed by atoms with Crippen molar-refractivity contribution < 1.29 is 23.8 Å². The van der Waals surface area contributed by atoms with Crippen LogP contribution in [0.5, 0.6) is 11.5 Å². The molecule has 2 amide bonds. The molecule has 212 valence electrons. The Morgan fingerprint density at radius 1 is 1.12 bits per heavy atom. The van der Waals surface area contributed by atoms with Crippen molar-refractivity contribution in [2.75, 3.05) is 60.2 Å². The molecule has 1 saturated heterocycles. The molecule has 5 rings (SSSR count). The van der Waals surface area contributed by atoms with Crippen LogP contribution in [0.15, 0.2) is 59.1 Å². The van der Waals surface area contributed by atoms with E-state index in [1.165, 1.54) is 16.3 Å². The van der Waals surface area contributed by atoms with Crippen molar-refractivity contribution in [3.63, 3.8) is 0 Å². The predicted octanol–water partition coefficient (Wildman–Crippen LogP) is 3.26. The molecule has 0 radical (unpaired) electrons. The summed E-state index contributed by atoms with van der Waals surface area (Å²) in [4.78, 5) is 32.0. The number of rotatable bonds is 10. The molecule has 2 aliphatic heterocycles.